The molecule has 0 aromatic heterocycles. The number of rotatable bonds is 1. The number of carbonyl (C=O) groups is 2. The van der Waals surface area contributed by atoms with Crippen molar-refractivity contribution in [2.75, 3.05) is 0 Å². The van der Waals surface area contributed by atoms with Gasteiger partial charge in [0.25, 0.3) is 11.1 Å². The molecule has 0 bridgehead atoms. The molecule has 16 heavy (non-hydrogen) atoms. The average Bonchev–Trinajstić information content (AvgIpc) is 2.51. The van der Waals surface area contributed by atoms with Crippen molar-refractivity contribution >= 4 is 52.2 Å². The second kappa shape index (κ2) is 4.49. The van der Waals surface area contributed by atoms with Crippen molar-refractivity contribution in [1.82, 2.24) is 5.32 Å². The number of hydrogen-bond donors (Lipinski definition) is 1. The third-order valence-electron chi connectivity index (χ3n) is 1.88. The lowest BCUT2D eigenvalue weighted by Crippen LogP contribution is -2.17. The summed E-state index contributed by atoms with van der Waals surface area (Å²) in [5, 5.41) is 2.66. The van der Waals surface area contributed by atoms with Gasteiger partial charge in [0.15, 0.2) is 0 Å². The highest BCUT2D eigenvalue weighted by Gasteiger charge is 2.24. The number of thioether (sulfide) groups is 1. The van der Waals surface area contributed by atoms with Crippen molar-refractivity contribution < 1.29 is 9.59 Å². The van der Waals surface area contributed by atoms with Crippen LogP contribution >= 0.6 is 35.0 Å². The van der Waals surface area contributed by atoms with Crippen molar-refractivity contribution in [3.63, 3.8) is 0 Å². The Kier molecular flexibility index (Phi) is 3.23. The summed E-state index contributed by atoms with van der Waals surface area (Å²) >= 11 is 12.5. The van der Waals surface area contributed by atoms with Gasteiger partial charge in [-0.1, -0.05) is 29.3 Å². The fourth-order valence-corrected chi connectivity index (χ4v) is 2.16. The molecular formula is C10H5Cl2NO2S. The Morgan fingerprint density at radius 2 is 1.94 bits per heavy atom. The van der Waals surface area contributed by atoms with Crippen molar-refractivity contribution in [3.8, 4) is 0 Å². The van der Waals surface area contributed by atoms with Crippen molar-refractivity contribution in [2.24, 2.45) is 0 Å². The lowest BCUT2D eigenvalue weighted by Gasteiger charge is -1.98. The van der Waals surface area contributed by atoms with Gasteiger partial charge in [-0.25, -0.2) is 0 Å². The topological polar surface area (TPSA) is 46.2 Å². The number of imide groups is 1. The highest BCUT2D eigenvalue weighted by Crippen LogP contribution is 2.28. The van der Waals surface area contributed by atoms with Crippen LogP contribution in [0, 0.1) is 0 Å². The standard InChI is InChI=1S/C10H5Cl2NO2S/c11-6-2-1-5(3-7(6)12)4-8-9(14)13-10(15)16-8/h1-4H,(H,13,14,15)/b8-4-. The first-order valence-corrected chi connectivity index (χ1v) is 5.83. The first-order valence-electron chi connectivity index (χ1n) is 4.26. The van der Waals surface area contributed by atoms with Crippen LogP contribution in [0.1, 0.15) is 5.56 Å². The van der Waals surface area contributed by atoms with E-state index in [2.05, 4.69) is 5.32 Å². The van der Waals surface area contributed by atoms with E-state index in [9.17, 15) is 9.59 Å². The summed E-state index contributed by atoms with van der Waals surface area (Å²) in [6.07, 6.45) is 1.59. The van der Waals surface area contributed by atoms with Crippen LogP contribution in [-0.2, 0) is 4.79 Å². The largest absolute Gasteiger partial charge is 0.290 e. The number of benzene rings is 1. The molecule has 0 unspecified atom stereocenters. The van der Waals surface area contributed by atoms with Gasteiger partial charge in [-0.15, -0.1) is 0 Å². The molecule has 2 rings (SSSR count). The maximum absolute atomic E-state index is 11.3. The summed E-state index contributed by atoms with van der Waals surface area (Å²) in [6.45, 7) is 0. The smallest absolute Gasteiger partial charge is 0.282 e. The molecule has 1 aliphatic heterocycles. The Morgan fingerprint density at radius 1 is 1.19 bits per heavy atom. The third-order valence-corrected chi connectivity index (χ3v) is 3.43. The summed E-state index contributed by atoms with van der Waals surface area (Å²) < 4.78 is 0. The molecule has 1 aromatic rings. The van der Waals surface area contributed by atoms with E-state index in [4.69, 9.17) is 23.2 Å². The van der Waals surface area contributed by atoms with Crippen LogP contribution in [0.5, 0.6) is 0 Å². The molecule has 1 fully saturated rings. The molecular weight excluding hydrogens is 269 g/mol. The third kappa shape index (κ3) is 2.40. The SMILES string of the molecule is O=C1NC(=O)/C(=C/c2ccc(Cl)c(Cl)c2)S1. The Balaban J connectivity index is 2.32. The number of amides is 2. The predicted molar refractivity (Wildman–Crippen MR) is 65.6 cm³/mol. The summed E-state index contributed by atoms with van der Waals surface area (Å²) in [5.41, 5.74) is 0.724. The first-order chi connectivity index (χ1) is 7.56. The van der Waals surface area contributed by atoms with Gasteiger partial charge >= 0.3 is 0 Å². The lowest BCUT2D eigenvalue weighted by molar-refractivity contribution is -0.115. The van der Waals surface area contributed by atoms with Crippen LogP contribution in [0.25, 0.3) is 6.08 Å². The van der Waals surface area contributed by atoms with Crippen LogP contribution in [0.4, 0.5) is 4.79 Å². The fraction of sp³-hybridized carbons (Fsp3) is 0. The van der Waals surface area contributed by atoms with Crippen LogP contribution in [-0.4, -0.2) is 11.1 Å². The highest BCUT2D eigenvalue weighted by atomic mass is 35.5. The Hall–Kier alpha value is -0.970. The van der Waals surface area contributed by atoms with Gasteiger partial charge in [-0.05, 0) is 35.5 Å². The normalized spacial score (nSPS) is 18.0. The van der Waals surface area contributed by atoms with Gasteiger partial charge in [0.05, 0.1) is 15.0 Å². The van der Waals surface area contributed by atoms with Crippen molar-refractivity contribution in [2.45, 2.75) is 0 Å². The van der Waals surface area contributed by atoms with E-state index in [1.165, 1.54) is 0 Å². The monoisotopic (exact) mass is 273 g/mol. The van der Waals surface area contributed by atoms with Crippen molar-refractivity contribution in [3.05, 3.63) is 38.7 Å². The average molecular weight is 274 g/mol. The quantitative estimate of drug-likeness (QED) is 0.799. The number of nitrogens with one attached hydrogen (secondary N) is 1. The molecule has 82 valence electrons. The molecule has 2 amide bonds. The number of halogens is 2. The second-order valence-electron chi connectivity index (χ2n) is 3.03. The number of hydrogen-bond acceptors (Lipinski definition) is 3. The fourth-order valence-electron chi connectivity index (χ4n) is 1.17. The second-order valence-corrected chi connectivity index (χ2v) is 4.85. The molecule has 0 aliphatic carbocycles. The van der Waals surface area contributed by atoms with Gasteiger partial charge in [0, 0.05) is 0 Å². The van der Waals surface area contributed by atoms with Crippen LogP contribution < -0.4 is 5.32 Å². The minimum Gasteiger partial charge on any atom is -0.282 e. The molecule has 1 N–H and O–H groups in total. The van der Waals surface area contributed by atoms with Gasteiger partial charge < -0.3 is 0 Å². The molecule has 1 aliphatic rings. The van der Waals surface area contributed by atoms with E-state index in [0.29, 0.717) is 15.0 Å². The molecule has 6 heteroatoms. The highest BCUT2D eigenvalue weighted by molar-refractivity contribution is 8.18. The predicted octanol–water partition coefficient (Wildman–Crippen LogP) is 3.32. The number of carbonyl (C=O) groups excluding carboxylic acids is 2. The van der Waals surface area contributed by atoms with Crippen LogP contribution in [0.3, 0.4) is 0 Å². The van der Waals surface area contributed by atoms with E-state index in [1.54, 1.807) is 24.3 Å². The molecule has 1 aromatic carbocycles. The van der Waals surface area contributed by atoms with E-state index >= 15 is 0 Å². The zero-order chi connectivity index (χ0) is 11.7. The van der Waals surface area contributed by atoms with Crippen LogP contribution in [0.15, 0.2) is 23.1 Å². The zero-order valence-corrected chi connectivity index (χ0v) is 10.1. The first kappa shape index (κ1) is 11.5. The minimum absolute atomic E-state index is 0.350. The maximum Gasteiger partial charge on any atom is 0.290 e. The maximum atomic E-state index is 11.3. The van der Waals surface area contributed by atoms with Gasteiger partial charge in [0.1, 0.15) is 0 Å². The molecule has 1 saturated heterocycles. The molecule has 0 atom stereocenters. The van der Waals surface area contributed by atoms with Crippen molar-refractivity contribution in [1.29, 1.82) is 0 Å². The lowest BCUT2D eigenvalue weighted by atomic mass is 10.2. The minimum atomic E-state index is -0.388. The van der Waals surface area contributed by atoms with Crippen LogP contribution in [0.2, 0.25) is 10.0 Å². The van der Waals surface area contributed by atoms with E-state index in [1.807, 2.05) is 0 Å². The molecule has 0 radical (unpaired) electrons. The summed E-state index contributed by atoms with van der Waals surface area (Å²) in [7, 11) is 0. The van der Waals surface area contributed by atoms with Gasteiger partial charge in [0.2, 0.25) is 0 Å². The molecule has 1 heterocycles. The molecule has 0 saturated carbocycles. The zero-order valence-electron chi connectivity index (χ0n) is 7.79. The van der Waals surface area contributed by atoms with E-state index in [-0.39, 0.29) is 11.1 Å². The molecule has 0 spiro atoms. The molecule has 3 nitrogen and oxygen atoms in total. The summed E-state index contributed by atoms with van der Waals surface area (Å²) in [6, 6.07) is 4.99. The Bertz CT molecular complexity index is 514. The summed E-state index contributed by atoms with van der Waals surface area (Å²) in [4.78, 5) is 22.5. The van der Waals surface area contributed by atoms with Gasteiger partial charge in [-0.3, -0.25) is 14.9 Å². The van der Waals surface area contributed by atoms with E-state index < -0.39 is 0 Å². The van der Waals surface area contributed by atoms with E-state index in [0.717, 1.165) is 17.3 Å². The Morgan fingerprint density at radius 3 is 2.50 bits per heavy atom. The summed E-state index contributed by atoms with van der Waals surface area (Å²) in [5.74, 6) is -0.388. The van der Waals surface area contributed by atoms with Gasteiger partial charge in [-0.2, -0.15) is 0 Å². The Labute approximate surface area is 106 Å².